The van der Waals surface area contributed by atoms with Crippen molar-refractivity contribution in [2.75, 3.05) is 0 Å². The molecule has 1 amide bonds. The Morgan fingerprint density at radius 2 is 1.48 bits per heavy atom. The second-order valence-electron chi connectivity index (χ2n) is 5.14. The Bertz CT molecular complexity index is 634. The summed E-state index contributed by atoms with van der Waals surface area (Å²) in [6, 6.07) is 16.8. The maximum Gasteiger partial charge on any atom is 0.405 e. The molecule has 5 heteroatoms. The smallest absolute Gasteiger partial charge is 0.405 e. The second kappa shape index (κ2) is 6.17. The first-order chi connectivity index (χ1) is 9.97. The number of nitrogens with one attached hydrogen (secondary N) is 1. The largest absolute Gasteiger partial charge is 0.465 e. The number of amides is 1. The minimum absolute atomic E-state index is 0.652. The van der Waals surface area contributed by atoms with E-state index in [1.54, 1.807) is 0 Å². The zero-order valence-corrected chi connectivity index (χ0v) is 11.9. The van der Waals surface area contributed by atoms with Gasteiger partial charge in [0.05, 0.1) is 16.9 Å². The van der Waals surface area contributed by atoms with E-state index in [0.29, 0.717) is 5.69 Å². The van der Waals surface area contributed by atoms with Crippen molar-refractivity contribution in [3.05, 3.63) is 60.2 Å². The Balaban J connectivity index is 2.12. The van der Waals surface area contributed by atoms with Gasteiger partial charge in [0, 0.05) is 0 Å². The highest BCUT2D eigenvalue weighted by atomic mass is 16.4. The van der Waals surface area contributed by atoms with Crippen molar-refractivity contribution >= 4 is 17.5 Å². The molecule has 0 aromatic heterocycles. The third-order valence-electron chi connectivity index (χ3n) is 3.05. The van der Waals surface area contributed by atoms with Crippen molar-refractivity contribution < 1.29 is 9.90 Å². The van der Waals surface area contributed by atoms with Crippen molar-refractivity contribution in [1.29, 1.82) is 0 Å². The summed E-state index contributed by atoms with van der Waals surface area (Å²) in [6.07, 6.45) is -1.05. The van der Waals surface area contributed by atoms with Crippen molar-refractivity contribution in [2.24, 2.45) is 10.2 Å². The number of hydrogen-bond acceptors (Lipinski definition) is 3. The predicted octanol–water partition coefficient (Wildman–Crippen LogP) is 4.60. The monoisotopic (exact) mass is 283 g/mol. The van der Waals surface area contributed by atoms with Crippen LogP contribution in [0.15, 0.2) is 64.8 Å². The van der Waals surface area contributed by atoms with E-state index in [1.807, 2.05) is 68.4 Å². The maximum atomic E-state index is 10.8. The van der Waals surface area contributed by atoms with Crippen LogP contribution in [0.3, 0.4) is 0 Å². The van der Waals surface area contributed by atoms with Gasteiger partial charge in [-0.15, -0.1) is 0 Å². The first-order valence-electron chi connectivity index (χ1n) is 6.56. The molecule has 0 bridgehead atoms. The minimum Gasteiger partial charge on any atom is -0.465 e. The van der Waals surface area contributed by atoms with E-state index in [1.165, 1.54) is 0 Å². The molecule has 0 fully saturated rings. The van der Waals surface area contributed by atoms with Gasteiger partial charge in [0.2, 0.25) is 0 Å². The zero-order chi connectivity index (χ0) is 15.3. The van der Waals surface area contributed by atoms with Crippen molar-refractivity contribution in [3.63, 3.8) is 0 Å². The zero-order valence-electron chi connectivity index (χ0n) is 11.9. The summed E-state index contributed by atoms with van der Waals surface area (Å²) in [7, 11) is 0. The highest BCUT2D eigenvalue weighted by Crippen LogP contribution is 2.24. The molecule has 2 aromatic rings. The van der Waals surface area contributed by atoms with Crippen LogP contribution in [0.1, 0.15) is 19.4 Å². The Labute approximate surface area is 123 Å². The highest BCUT2D eigenvalue weighted by Gasteiger charge is 2.22. The molecule has 0 aliphatic rings. The van der Waals surface area contributed by atoms with Crippen LogP contribution in [0.4, 0.5) is 16.2 Å². The van der Waals surface area contributed by atoms with E-state index in [0.717, 1.165) is 11.3 Å². The summed E-state index contributed by atoms with van der Waals surface area (Å²) in [6.45, 7) is 3.61. The molecule has 0 heterocycles. The van der Waals surface area contributed by atoms with Crippen LogP contribution >= 0.6 is 0 Å². The Hall–Kier alpha value is -2.69. The van der Waals surface area contributed by atoms with E-state index >= 15 is 0 Å². The summed E-state index contributed by atoms with van der Waals surface area (Å²) >= 11 is 0. The number of azo groups is 1. The Morgan fingerprint density at radius 1 is 0.952 bits per heavy atom. The van der Waals surface area contributed by atoms with Crippen LogP contribution in [-0.4, -0.2) is 11.2 Å². The van der Waals surface area contributed by atoms with Gasteiger partial charge in [-0.3, -0.25) is 0 Å². The molecule has 2 rings (SSSR count). The van der Waals surface area contributed by atoms with Crippen molar-refractivity contribution in [2.45, 2.75) is 19.4 Å². The van der Waals surface area contributed by atoms with E-state index in [9.17, 15) is 4.79 Å². The molecule has 0 saturated heterocycles. The standard InChI is InChI=1S/C16H17N3O2/c1-16(2,17-15(20)21)12-8-10-14(11-9-12)19-18-13-6-4-3-5-7-13/h3-11,17H,1-2H3,(H,20,21). The van der Waals surface area contributed by atoms with Gasteiger partial charge < -0.3 is 10.4 Å². The molecule has 108 valence electrons. The van der Waals surface area contributed by atoms with Gasteiger partial charge in [0.15, 0.2) is 0 Å². The molecular weight excluding hydrogens is 266 g/mol. The summed E-state index contributed by atoms with van der Waals surface area (Å²) in [5.74, 6) is 0. The summed E-state index contributed by atoms with van der Waals surface area (Å²) in [5, 5.41) is 19.6. The molecule has 0 atom stereocenters. The topological polar surface area (TPSA) is 74.0 Å². The van der Waals surface area contributed by atoms with E-state index in [2.05, 4.69) is 15.5 Å². The lowest BCUT2D eigenvalue weighted by molar-refractivity contribution is 0.182. The number of nitrogens with zero attached hydrogens (tertiary/aromatic N) is 2. The van der Waals surface area contributed by atoms with E-state index in [-0.39, 0.29) is 0 Å². The molecule has 0 unspecified atom stereocenters. The van der Waals surface area contributed by atoms with Crippen LogP contribution in [0.5, 0.6) is 0 Å². The SMILES string of the molecule is CC(C)(NC(=O)O)c1ccc(N=Nc2ccccc2)cc1. The third-order valence-corrected chi connectivity index (χ3v) is 3.05. The minimum atomic E-state index is -1.05. The first kappa shape index (κ1) is 14.7. The molecule has 21 heavy (non-hydrogen) atoms. The summed E-state index contributed by atoms with van der Waals surface area (Å²) < 4.78 is 0. The van der Waals surface area contributed by atoms with Crippen LogP contribution < -0.4 is 5.32 Å². The van der Waals surface area contributed by atoms with Gasteiger partial charge >= 0.3 is 6.09 Å². The van der Waals surface area contributed by atoms with Crippen molar-refractivity contribution in [1.82, 2.24) is 5.32 Å². The predicted molar refractivity (Wildman–Crippen MR) is 81.2 cm³/mol. The molecule has 0 saturated carbocycles. The lowest BCUT2D eigenvalue weighted by Crippen LogP contribution is -2.39. The molecule has 5 nitrogen and oxygen atoms in total. The third kappa shape index (κ3) is 4.14. The van der Waals surface area contributed by atoms with E-state index in [4.69, 9.17) is 5.11 Å². The fourth-order valence-electron chi connectivity index (χ4n) is 1.89. The number of rotatable bonds is 4. The molecular formula is C16H17N3O2. The molecule has 0 aliphatic carbocycles. The molecule has 2 aromatic carbocycles. The van der Waals surface area contributed by atoms with Gasteiger partial charge in [-0.1, -0.05) is 30.3 Å². The average Bonchev–Trinajstić information content (AvgIpc) is 2.45. The first-order valence-corrected chi connectivity index (χ1v) is 6.56. The van der Waals surface area contributed by atoms with Gasteiger partial charge in [-0.05, 0) is 43.7 Å². The molecule has 2 N–H and O–H groups in total. The number of carboxylic acid groups (broad SMARTS) is 1. The quantitative estimate of drug-likeness (QED) is 0.804. The fourth-order valence-corrected chi connectivity index (χ4v) is 1.89. The van der Waals surface area contributed by atoms with Crippen LogP contribution in [0.2, 0.25) is 0 Å². The molecule has 0 aliphatic heterocycles. The average molecular weight is 283 g/mol. The normalized spacial score (nSPS) is 11.5. The maximum absolute atomic E-state index is 10.8. The number of benzene rings is 2. The summed E-state index contributed by atoms with van der Waals surface area (Å²) in [4.78, 5) is 10.8. The van der Waals surface area contributed by atoms with Gasteiger partial charge in [-0.25, -0.2) is 4.79 Å². The lowest BCUT2D eigenvalue weighted by atomic mass is 9.94. The van der Waals surface area contributed by atoms with Gasteiger partial charge in [0.25, 0.3) is 0 Å². The summed E-state index contributed by atoms with van der Waals surface area (Å²) in [5.41, 5.74) is 1.72. The highest BCUT2D eigenvalue weighted by molar-refractivity contribution is 5.66. The lowest BCUT2D eigenvalue weighted by Gasteiger charge is -2.25. The molecule has 0 radical (unpaired) electrons. The van der Waals surface area contributed by atoms with Crippen LogP contribution in [-0.2, 0) is 5.54 Å². The second-order valence-corrected chi connectivity index (χ2v) is 5.14. The van der Waals surface area contributed by atoms with E-state index < -0.39 is 11.6 Å². The van der Waals surface area contributed by atoms with Gasteiger partial charge in [0.1, 0.15) is 0 Å². The Kier molecular flexibility index (Phi) is 4.33. The Morgan fingerprint density at radius 3 is 2.00 bits per heavy atom. The van der Waals surface area contributed by atoms with Crippen LogP contribution in [0.25, 0.3) is 0 Å². The van der Waals surface area contributed by atoms with Gasteiger partial charge in [-0.2, -0.15) is 10.2 Å². The fraction of sp³-hybridized carbons (Fsp3) is 0.188. The van der Waals surface area contributed by atoms with Crippen molar-refractivity contribution in [3.8, 4) is 0 Å². The molecule has 0 spiro atoms. The van der Waals surface area contributed by atoms with Crippen LogP contribution in [0, 0.1) is 0 Å². The number of carbonyl (C=O) groups is 1. The number of hydrogen-bond donors (Lipinski definition) is 2.